The minimum Gasteiger partial charge on any atom is -0.321 e. The molecule has 0 bridgehead atoms. The van der Waals surface area contributed by atoms with Crippen molar-refractivity contribution < 1.29 is 19.3 Å². The van der Waals surface area contributed by atoms with Crippen molar-refractivity contribution in [2.24, 2.45) is 0 Å². The molecule has 0 fully saturated rings. The molecule has 212 valence electrons. The second kappa shape index (κ2) is 14.0. The van der Waals surface area contributed by atoms with Crippen LogP contribution in [0.15, 0.2) is 114 Å². The molecule has 2 amide bonds. The fourth-order valence-electron chi connectivity index (χ4n) is 3.97. The van der Waals surface area contributed by atoms with Crippen molar-refractivity contribution in [3.05, 3.63) is 141 Å². The Morgan fingerprint density at radius 3 is 2.24 bits per heavy atom. The Kier molecular flexibility index (Phi) is 10.0. The standard InChI is InChI=1S/C33H29N3O5S/c1-22(2)24-16-14-23(15-17-24)18-30(35-32(38)25-8-4-3-5-9-25)33(39)34-27-11-7-13-29(20-27)42-21-31(37)26-10-6-12-28(19-26)36(40)41/h3-20,22H,21H2,1-2H3,(H,34,39)(H,35,38)/b30-18-. The van der Waals surface area contributed by atoms with Crippen LogP contribution in [0.3, 0.4) is 0 Å². The van der Waals surface area contributed by atoms with Crippen molar-refractivity contribution >= 4 is 46.8 Å². The zero-order valence-electron chi connectivity index (χ0n) is 23.1. The number of benzene rings is 4. The highest BCUT2D eigenvalue weighted by Crippen LogP contribution is 2.24. The average molecular weight is 580 g/mol. The average Bonchev–Trinajstić information content (AvgIpc) is 3.00. The maximum absolute atomic E-state index is 13.4. The van der Waals surface area contributed by atoms with Crippen LogP contribution in [0.25, 0.3) is 6.08 Å². The highest BCUT2D eigenvalue weighted by atomic mass is 32.2. The fourth-order valence-corrected chi connectivity index (χ4v) is 4.82. The van der Waals surface area contributed by atoms with E-state index in [2.05, 4.69) is 24.5 Å². The number of ketones is 1. The number of non-ortho nitro benzene ring substituents is 1. The van der Waals surface area contributed by atoms with Gasteiger partial charge in [-0.05, 0) is 53.5 Å². The van der Waals surface area contributed by atoms with Crippen LogP contribution in [0, 0.1) is 10.1 Å². The number of hydrogen-bond donors (Lipinski definition) is 2. The first-order chi connectivity index (χ1) is 20.2. The number of anilines is 1. The molecule has 2 N–H and O–H groups in total. The van der Waals surface area contributed by atoms with Crippen molar-refractivity contribution in [1.82, 2.24) is 5.32 Å². The van der Waals surface area contributed by atoms with Gasteiger partial charge in [0.2, 0.25) is 0 Å². The summed E-state index contributed by atoms with van der Waals surface area (Å²) in [5, 5.41) is 16.6. The first kappa shape index (κ1) is 30.0. The highest BCUT2D eigenvalue weighted by molar-refractivity contribution is 8.00. The summed E-state index contributed by atoms with van der Waals surface area (Å²) in [6.07, 6.45) is 1.62. The van der Waals surface area contributed by atoms with E-state index >= 15 is 0 Å². The zero-order chi connectivity index (χ0) is 30.1. The van der Waals surface area contributed by atoms with E-state index in [9.17, 15) is 24.5 Å². The van der Waals surface area contributed by atoms with Crippen LogP contribution in [-0.2, 0) is 4.79 Å². The first-order valence-electron chi connectivity index (χ1n) is 13.2. The van der Waals surface area contributed by atoms with Gasteiger partial charge in [0.1, 0.15) is 5.70 Å². The summed E-state index contributed by atoms with van der Waals surface area (Å²) in [4.78, 5) is 50.2. The van der Waals surface area contributed by atoms with Crippen LogP contribution in [0.2, 0.25) is 0 Å². The molecule has 0 atom stereocenters. The fraction of sp³-hybridized carbons (Fsp3) is 0.121. The van der Waals surface area contributed by atoms with Crippen molar-refractivity contribution in [2.45, 2.75) is 24.7 Å². The molecule has 0 saturated carbocycles. The lowest BCUT2D eigenvalue weighted by Gasteiger charge is -2.12. The predicted octanol–water partition coefficient (Wildman–Crippen LogP) is 7.10. The van der Waals surface area contributed by atoms with E-state index in [0.717, 1.165) is 16.0 Å². The van der Waals surface area contributed by atoms with E-state index in [0.29, 0.717) is 17.2 Å². The van der Waals surface area contributed by atoms with Gasteiger partial charge in [0, 0.05) is 33.8 Å². The van der Waals surface area contributed by atoms with Gasteiger partial charge in [0.15, 0.2) is 5.78 Å². The number of Topliss-reactive ketones (excluding diaryl/α,β-unsaturated/α-hetero) is 1. The number of hydrogen-bond acceptors (Lipinski definition) is 6. The zero-order valence-corrected chi connectivity index (χ0v) is 23.9. The van der Waals surface area contributed by atoms with E-state index in [4.69, 9.17) is 0 Å². The Bertz CT molecular complexity index is 1630. The molecule has 4 aromatic rings. The lowest BCUT2D eigenvalue weighted by molar-refractivity contribution is -0.384. The summed E-state index contributed by atoms with van der Waals surface area (Å²) in [6.45, 7) is 4.19. The molecule has 0 aliphatic carbocycles. The van der Waals surface area contributed by atoms with Crippen molar-refractivity contribution in [1.29, 1.82) is 0 Å². The number of amides is 2. The van der Waals surface area contributed by atoms with E-state index in [1.807, 2.05) is 24.3 Å². The predicted molar refractivity (Wildman–Crippen MR) is 166 cm³/mol. The Balaban J connectivity index is 1.49. The molecule has 0 radical (unpaired) electrons. The molecule has 0 aromatic heterocycles. The number of nitrogens with zero attached hydrogens (tertiary/aromatic N) is 1. The molecule has 4 rings (SSSR count). The van der Waals surface area contributed by atoms with Gasteiger partial charge in [0.05, 0.1) is 10.7 Å². The molecule has 0 spiro atoms. The van der Waals surface area contributed by atoms with Gasteiger partial charge in [-0.3, -0.25) is 24.5 Å². The number of nitrogens with one attached hydrogen (secondary N) is 2. The number of rotatable bonds is 11. The smallest absolute Gasteiger partial charge is 0.272 e. The van der Waals surface area contributed by atoms with Gasteiger partial charge in [-0.1, -0.05) is 74.5 Å². The minimum atomic E-state index is -0.540. The topological polar surface area (TPSA) is 118 Å². The number of carbonyl (C=O) groups is 3. The monoisotopic (exact) mass is 579 g/mol. The summed E-state index contributed by atoms with van der Waals surface area (Å²) in [7, 11) is 0. The number of carbonyl (C=O) groups excluding carboxylic acids is 3. The second-order valence-electron chi connectivity index (χ2n) is 9.70. The number of nitro groups is 1. The lowest BCUT2D eigenvalue weighted by atomic mass is 10.0. The van der Waals surface area contributed by atoms with Gasteiger partial charge < -0.3 is 10.6 Å². The van der Waals surface area contributed by atoms with Gasteiger partial charge in [-0.15, -0.1) is 11.8 Å². The third-order valence-corrected chi connectivity index (χ3v) is 7.28. The van der Waals surface area contributed by atoms with Gasteiger partial charge >= 0.3 is 0 Å². The van der Waals surface area contributed by atoms with E-state index in [1.165, 1.54) is 30.0 Å². The number of nitro benzene ring substituents is 1. The van der Waals surface area contributed by atoms with Crippen LogP contribution in [-0.4, -0.2) is 28.3 Å². The maximum Gasteiger partial charge on any atom is 0.272 e. The summed E-state index contributed by atoms with van der Waals surface area (Å²) in [5.41, 5.74) is 2.98. The minimum absolute atomic E-state index is 0.0588. The van der Waals surface area contributed by atoms with Crippen LogP contribution in [0.1, 0.15) is 51.6 Å². The van der Waals surface area contributed by atoms with Crippen LogP contribution < -0.4 is 10.6 Å². The quantitative estimate of drug-likeness (QED) is 0.0643. The van der Waals surface area contributed by atoms with E-state index in [1.54, 1.807) is 66.7 Å². The van der Waals surface area contributed by atoms with Gasteiger partial charge in [0.25, 0.3) is 17.5 Å². The largest absolute Gasteiger partial charge is 0.321 e. The summed E-state index contributed by atoms with van der Waals surface area (Å²) >= 11 is 1.25. The summed E-state index contributed by atoms with van der Waals surface area (Å²) < 4.78 is 0. The third kappa shape index (κ3) is 8.25. The third-order valence-electron chi connectivity index (χ3n) is 6.28. The molecule has 0 heterocycles. The Morgan fingerprint density at radius 1 is 0.857 bits per heavy atom. The van der Waals surface area contributed by atoms with Crippen molar-refractivity contribution in [3.8, 4) is 0 Å². The van der Waals surface area contributed by atoms with Crippen molar-refractivity contribution in [2.75, 3.05) is 11.1 Å². The second-order valence-corrected chi connectivity index (χ2v) is 10.7. The van der Waals surface area contributed by atoms with Gasteiger partial charge in [-0.2, -0.15) is 0 Å². The summed E-state index contributed by atoms with van der Waals surface area (Å²) in [6, 6.07) is 29.0. The lowest BCUT2D eigenvalue weighted by Crippen LogP contribution is -2.30. The molecule has 0 aliphatic heterocycles. The highest BCUT2D eigenvalue weighted by Gasteiger charge is 2.16. The van der Waals surface area contributed by atoms with Crippen LogP contribution in [0.4, 0.5) is 11.4 Å². The molecular formula is C33H29N3O5S. The van der Waals surface area contributed by atoms with Crippen molar-refractivity contribution in [3.63, 3.8) is 0 Å². The Labute approximate surface area is 248 Å². The van der Waals surface area contributed by atoms with Crippen LogP contribution in [0.5, 0.6) is 0 Å². The molecular weight excluding hydrogens is 550 g/mol. The molecule has 8 nitrogen and oxygen atoms in total. The SMILES string of the molecule is CC(C)c1ccc(/C=C(\NC(=O)c2ccccc2)C(=O)Nc2cccc(SCC(=O)c3cccc([N+](=O)[O-])c3)c2)cc1. The van der Waals surface area contributed by atoms with E-state index in [-0.39, 0.29) is 28.5 Å². The molecule has 0 unspecified atom stereocenters. The molecule has 0 aliphatic rings. The normalized spacial score (nSPS) is 11.2. The molecule has 4 aromatic carbocycles. The Morgan fingerprint density at radius 2 is 1.55 bits per heavy atom. The first-order valence-corrected chi connectivity index (χ1v) is 14.2. The Hall–Kier alpha value is -5.02. The number of thioether (sulfide) groups is 1. The van der Waals surface area contributed by atoms with Gasteiger partial charge in [-0.25, -0.2) is 0 Å². The summed E-state index contributed by atoms with van der Waals surface area (Å²) in [5.74, 6) is -0.768. The van der Waals surface area contributed by atoms with Crippen LogP contribution >= 0.6 is 11.8 Å². The maximum atomic E-state index is 13.4. The van der Waals surface area contributed by atoms with E-state index < -0.39 is 16.7 Å². The molecule has 42 heavy (non-hydrogen) atoms. The molecule has 0 saturated heterocycles. The molecule has 9 heteroatoms.